The maximum absolute atomic E-state index is 13.2. The summed E-state index contributed by atoms with van der Waals surface area (Å²) < 4.78 is 53.1. The monoisotopic (exact) mass is 368 g/mol. The fourth-order valence-electron chi connectivity index (χ4n) is 2.28. The Morgan fingerprint density at radius 1 is 1.43 bits per heavy atom. The quantitative estimate of drug-likeness (QED) is 0.805. The molecule has 8 heteroatoms. The van der Waals surface area contributed by atoms with Crippen molar-refractivity contribution in [1.29, 1.82) is 0 Å². The lowest BCUT2D eigenvalue weighted by Crippen LogP contribution is -2.52. The van der Waals surface area contributed by atoms with Crippen LogP contribution in [0.15, 0.2) is 22.7 Å². The number of benzene rings is 1. The van der Waals surface area contributed by atoms with Gasteiger partial charge in [0.2, 0.25) is 5.91 Å². The van der Waals surface area contributed by atoms with E-state index in [0.717, 1.165) is 6.07 Å². The first-order valence-corrected chi connectivity index (χ1v) is 7.05. The van der Waals surface area contributed by atoms with Crippen molar-refractivity contribution in [3.63, 3.8) is 0 Å². The average molecular weight is 369 g/mol. The molecule has 1 aromatic rings. The zero-order valence-corrected chi connectivity index (χ0v) is 12.4. The van der Waals surface area contributed by atoms with Crippen LogP contribution in [0.3, 0.4) is 0 Å². The van der Waals surface area contributed by atoms with E-state index in [2.05, 4.69) is 26.6 Å². The molecule has 1 amide bonds. The van der Waals surface area contributed by atoms with Gasteiger partial charge in [0.1, 0.15) is 5.82 Å². The maximum atomic E-state index is 13.2. The molecule has 0 aliphatic carbocycles. The molecule has 1 aliphatic heterocycles. The van der Waals surface area contributed by atoms with Crippen LogP contribution in [-0.2, 0) is 11.3 Å². The Labute approximate surface area is 127 Å². The van der Waals surface area contributed by atoms with Crippen molar-refractivity contribution in [1.82, 2.24) is 10.6 Å². The van der Waals surface area contributed by atoms with Crippen LogP contribution in [-0.4, -0.2) is 25.2 Å². The highest BCUT2D eigenvalue weighted by Gasteiger charge is 2.61. The van der Waals surface area contributed by atoms with Crippen molar-refractivity contribution in [3.8, 4) is 0 Å². The Hall–Kier alpha value is -1.15. The normalized spacial score (nSPS) is 22.3. The van der Waals surface area contributed by atoms with E-state index in [1.54, 1.807) is 0 Å². The second kappa shape index (κ2) is 5.92. The summed E-state index contributed by atoms with van der Waals surface area (Å²) in [5.74, 6) is -1.60. The second-order valence-corrected chi connectivity index (χ2v) is 5.78. The smallest absolute Gasteiger partial charge is 0.351 e. The SMILES string of the molecule is O=C(NCc1cc(F)ccc1Br)C1(C(F)(F)F)CCNC1. The van der Waals surface area contributed by atoms with Gasteiger partial charge in [-0.25, -0.2) is 4.39 Å². The molecule has 0 spiro atoms. The summed E-state index contributed by atoms with van der Waals surface area (Å²) in [5.41, 5.74) is -2.03. The third-order valence-corrected chi connectivity index (χ3v) is 4.35. The summed E-state index contributed by atoms with van der Waals surface area (Å²) in [4.78, 5) is 12.0. The van der Waals surface area contributed by atoms with Crippen LogP contribution in [0.1, 0.15) is 12.0 Å². The molecular formula is C13H13BrF4N2O. The molecule has 116 valence electrons. The Morgan fingerprint density at radius 3 is 2.71 bits per heavy atom. The van der Waals surface area contributed by atoms with Gasteiger partial charge in [-0.15, -0.1) is 0 Å². The van der Waals surface area contributed by atoms with E-state index in [-0.39, 0.29) is 19.5 Å². The predicted octanol–water partition coefficient (Wildman–Crippen LogP) is 2.75. The number of hydrogen-bond donors (Lipinski definition) is 2. The zero-order chi connectivity index (χ0) is 15.7. The van der Waals surface area contributed by atoms with Gasteiger partial charge in [0, 0.05) is 17.6 Å². The Morgan fingerprint density at radius 2 is 2.14 bits per heavy atom. The molecule has 1 aromatic carbocycles. The van der Waals surface area contributed by atoms with Crippen LogP contribution in [0.25, 0.3) is 0 Å². The van der Waals surface area contributed by atoms with E-state index in [9.17, 15) is 22.4 Å². The number of rotatable bonds is 3. The van der Waals surface area contributed by atoms with Crippen LogP contribution in [0.5, 0.6) is 0 Å². The largest absolute Gasteiger partial charge is 0.404 e. The van der Waals surface area contributed by atoms with Gasteiger partial charge in [0.25, 0.3) is 0 Å². The van der Waals surface area contributed by atoms with Crippen LogP contribution in [0.4, 0.5) is 17.6 Å². The molecule has 0 saturated carbocycles. The molecule has 0 aromatic heterocycles. The number of amides is 1. The summed E-state index contributed by atoms with van der Waals surface area (Å²) in [6, 6.07) is 3.82. The Balaban J connectivity index is 2.12. The summed E-state index contributed by atoms with van der Waals surface area (Å²) in [6.07, 6.45) is -4.92. The highest BCUT2D eigenvalue weighted by molar-refractivity contribution is 9.10. The molecule has 1 heterocycles. The molecule has 1 aliphatic rings. The predicted molar refractivity (Wildman–Crippen MR) is 71.9 cm³/mol. The molecule has 1 saturated heterocycles. The molecule has 1 atom stereocenters. The maximum Gasteiger partial charge on any atom is 0.404 e. The third kappa shape index (κ3) is 3.21. The van der Waals surface area contributed by atoms with E-state index in [1.165, 1.54) is 12.1 Å². The zero-order valence-electron chi connectivity index (χ0n) is 10.9. The van der Waals surface area contributed by atoms with Gasteiger partial charge in [0.15, 0.2) is 5.41 Å². The summed E-state index contributed by atoms with van der Waals surface area (Å²) in [7, 11) is 0. The first kappa shape index (κ1) is 16.2. The third-order valence-electron chi connectivity index (χ3n) is 3.58. The van der Waals surface area contributed by atoms with Crippen molar-refractivity contribution in [3.05, 3.63) is 34.1 Å². The molecule has 1 fully saturated rings. The second-order valence-electron chi connectivity index (χ2n) is 4.93. The first-order chi connectivity index (χ1) is 9.76. The minimum Gasteiger partial charge on any atom is -0.351 e. The number of nitrogens with one attached hydrogen (secondary N) is 2. The lowest BCUT2D eigenvalue weighted by molar-refractivity contribution is -0.216. The molecule has 1 unspecified atom stereocenters. The van der Waals surface area contributed by atoms with Gasteiger partial charge in [-0.2, -0.15) is 13.2 Å². The standard InChI is InChI=1S/C13H13BrF4N2O/c14-10-2-1-9(15)5-8(10)6-20-11(21)12(13(16,17)18)3-4-19-7-12/h1-2,5,19H,3-4,6-7H2,(H,20,21). The van der Waals surface area contributed by atoms with E-state index in [0.29, 0.717) is 10.0 Å². The number of carbonyl (C=O) groups is 1. The average Bonchev–Trinajstić information content (AvgIpc) is 2.89. The van der Waals surface area contributed by atoms with Gasteiger partial charge >= 0.3 is 6.18 Å². The lowest BCUT2D eigenvalue weighted by atomic mass is 9.85. The molecule has 0 bridgehead atoms. The van der Waals surface area contributed by atoms with Crippen molar-refractivity contribution in [2.75, 3.05) is 13.1 Å². The molecule has 21 heavy (non-hydrogen) atoms. The van der Waals surface area contributed by atoms with Crippen molar-refractivity contribution >= 4 is 21.8 Å². The van der Waals surface area contributed by atoms with E-state index in [1.807, 2.05) is 0 Å². The van der Waals surface area contributed by atoms with Crippen LogP contribution < -0.4 is 10.6 Å². The Bertz CT molecular complexity index is 541. The summed E-state index contributed by atoms with van der Waals surface area (Å²) >= 11 is 3.16. The topological polar surface area (TPSA) is 41.1 Å². The minimum atomic E-state index is -4.63. The first-order valence-electron chi connectivity index (χ1n) is 6.26. The van der Waals surface area contributed by atoms with Crippen molar-refractivity contribution in [2.45, 2.75) is 19.1 Å². The fraction of sp³-hybridized carbons (Fsp3) is 0.462. The minimum absolute atomic E-state index is 0.136. The highest BCUT2D eigenvalue weighted by Crippen LogP contribution is 2.43. The van der Waals surface area contributed by atoms with Gasteiger partial charge in [0.05, 0.1) is 0 Å². The van der Waals surface area contributed by atoms with Crippen LogP contribution in [0, 0.1) is 11.2 Å². The van der Waals surface area contributed by atoms with Crippen LogP contribution >= 0.6 is 15.9 Å². The van der Waals surface area contributed by atoms with Gasteiger partial charge in [-0.3, -0.25) is 4.79 Å². The lowest BCUT2D eigenvalue weighted by Gasteiger charge is -2.29. The number of carbonyl (C=O) groups excluding carboxylic acids is 1. The van der Waals surface area contributed by atoms with E-state index >= 15 is 0 Å². The molecule has 2 rings (SSSR count). The summed E-state index contributed by atoms with van der Waals surface area (Å²) in [6.45, 7) is -0.474. The molecule has 3 nitrogen and oxygen atoms in total. The fourth-order valence-corrected chi connectivity index (χ4v) is 2.67. The van der Waals surface area contributed by atoms with E-state index < -0.39 is 29.9 Å². The van der Waals surface area contributed by atoms with E-state index in [4.69, 9.17) is 0 Å². The molecule has 0 radical (unpaired) electrons. The van der Waals surface area contributed by atoms with Gasteiger partial charge in [-0.05, 0) is 36.7 Å². The van der Waals surface area contributed by atoms with Crippen molar-refractivity contribution in [2.24, 2.45) is 5.41 Å². The number of alkyl halides is 3. The van der Waals surface area contributed by atoms with Crippen molar-refractivity contribution < 1.29 is 22.4 Å². The molecular weight excluding hydrogens is 356 g/mol. The Kier molecular flexibility index (Phi) is 4.57. The summed E-state index contributed by atoms with van der Waals surface area (Å²) in [5, 5.41) is 4.83. The molecule has 2 N–H and O–H groups in total. The van der Waals surface area contributed by atoms with Gasteiger partial charge in [-0.1, -0.05) is 15.9 Å². The highest BCUT2D eigenvalue weighted by atomic mass is 79.9. The number of halogens is 5. The number of hydrogen-bond acceptors (Lipinski definition) is 2. The van der Waals surface area contributed by atoms with Gasteiger partial charge < -0.3 is 10.6 Å². The van der Waals surface area contributed by atoms with Crippen LogP contribution in [0.2, 0.25) is 0 Å².